The lowest BCUT2D eigenvalue weighted by molar-refractivity contribution is 0.0889. The van der Waals surface area contributed by atoms with Crippen LogP contribution in [-0.2, 0) is 4.74 Å². The fourth-order valence-corrected chi connectivity index (χ4v) is 3.63. The number of morpholine rings is 1. The zero-order valence-corrected chi connectivity index (χ0v) is 13.8. The Morgan fingerprint density at radius 3 is 2.67 bits per heavy atom. The molecular weight excluding hydrogens is 311 g/mol. The molecule has 0 aromatic heterocycles. The van der Waals surface area contributed by atoms with Crippen LogP contribution in [0, 0.1) is 11.7 Å². The zero-order chi connectivity index (χ0) is 16.9. The molecule has 2 aliphatic rings. The van der Waals surface area contributed by atoms with Crippen LogP contribution in [0.1, 0.15) is 36.0 Å². The summed E-state index contributed by atoms with van der Waals surface area (Å²) in [5.74, 6) is -0.407. The molecule has 5 nitrogen and oxygen atoms in total. The van der Waals surface area contributed by atoms with Crippen molar-refractivity contribution in [2.75, 3.05) is 37.8 Å². The maximum atomic E-state index is 14.4. The molecule has 1 aromatic carbocycles. The summed E-state index contributed by atoms with van der Waals surface area (Å²) < 4.78 is 19.7. The van der Waals surface area contributed by atoms with E-state index in [2.05, 4.69) is 5.32 Å². The minimum atomic E-state index is -0.397. The molecule has 1 amide bonds. The molecule has 3 rings (SSSR count). The molecular formula is C18H25FN2O3. The van der Waals surface area contributed by atoms with Gasteiger partial charge in [0.05, 0.1) is 31.5 Å². The van der Waals surface area contributed by atoms with Gasteiger partial charge in [0.1, 0.15) is 5.82 Å². The zero-order valence-electron chi connectivity index (χ0n) is 13.8. The molecule has 1 saturated heterocycles. The fraction of sp³-hybridized carbons (Fsp3) is 0.611. The van der Waals surface area contributed by atoms with Gasteiger partial charge < -0.3 is 20.1 Å². The molecule has 6 heteroatoms. The second-order valence-electron chi connectivity index (χ2n) is 6.57. The lowest BCUT2D eigenvalue weighted by atomic mass is 9.98. The molecule has 0 radical (unpaired) electrons. The lowest BCUT2D eigenvalue weighted by Gasteiger charge is -2.29. The van der Waals surface area contributed by atoms with Gasteiger partial charge in [0.15, 0.2) is 0 Å². The molecule has 0 spiro atoms. The number of nitrogens with zero attached hydrogens (tertiary/aromatic N) is 1. The Bertz CT molecular complexity index is 569. The first-order valence-electron chi connectivity index (χ1n) is 8.73. The molecule has 132 valence electrons. The standard InChI is InChI=1S/C18H25FN2O3/c19-15-11-14(5-6-17(15)21-7-9-24-10-8-21)18(23)20-16(12-22)13-3-1-2-4-13/h5-6,11,13,16,22H,1-4,7-10,12H2,(H,20,23). The van der Waals surface area contributed by atoms with Crippen LogP contribution in [0.25, 0.3) is 0 Å². The Morgan fingerprint density at radius 1 is 1.33 bits per heavy atom. The molecule has 1 aliphatic heterocycles. The summed E-state index contributed by atoms with van der Waals surface area (Å²) in [4.78, 5) is 14.3. The lowest BCUT2D eigenvalue weighted by Crippen LogP contribution is -2.42. The van der Waals surface area contributed by atoms with Crippen LogP contribution in [0.5, 0.6) is 0 Å². The van der Waals surface area contributed by atoms with E-state index in [4.69, 9.17) is 4.74 Å². The van der Waals surface area contributed by atoms with E-state index in [1.54, 1.807) is 12.1 Å². The second kappa shape index (κ2) is 7.94. The molecule has 2 fully saturated rings. The number of hydrogen-bond donors (Lipinski definition) is 2. The van der Waals surface area contributed by atoms with Gasteiger partial charge in [-0.3, -0.25) is 4.79 Å². The third kappa shape index (κ3) is 3.87. The van der Waals surface area contributed by atoms with Gasteiger partial charge in [0.25, 0.3) is 5.91 Å². The van der Waals surface area contributed by atoms with Crippen LogP contribution in [0.2, 0.25) is 0 Å². The average Bonchev–Trinajstić information content (AvgIpc) is 3.14. The number of amides is 1. The number of aliphatic hydroxyl groups is 1. The van der Waals surface area contributed by atoms with Gasteiger partial charge in [-0.25, -0.2) is 4.39 Å². The highest BCUT2D eigenvalue weighted by atomic mass is 19.1. The van der Waals surface area contributed by atoms with E-state index in [0.29, 0.717) is 43.5 Å². The molecule has 1 atom stereocenters. The molecule has 1 saturated carbocycles. The fourth-order valence-electron chi connectivity index (χ4n) is 3.63. The van der Waals surface area contributed by atoms with E-state index in [1.165, 1.54) is 6.07 Å². The molecule has 24 heavy (non-hydrogen) atoms. The number of ether oxygens (including phenoxy) is 1. The van der Waals surface area contributed by atoms with Crippen molar-refractivity contribution in [1.29, 1.82) is 0 Å². The highest BCUT2D eigenvalue weighted by molar-refractivity contribution is 5.94. The maximum Gasteiger partial charge on any atom is 0.251 e. The van der Waals surface area contributed by atoms with Crippen molar-refractivity contribution in [3.05, 3.63) is 29.6 Å². The van der Waals surface area contributed by atoms with Gasteiger partial charge in [0, 0.05) is 18.7 Å². The van der Waals surface area contributed by atoms with Crippen molar-refractivity contribution >= 4 is 11.6 Å². The minimum Gasteiger partial charge on any atom is -0.394 e. The Balaban J connectivity index is 1.67. The summed E-state index contributed by atoms with van der Waals surface area (Å²) in [5.41, 5.74) is 0.797. The van der Waals surface area contributed by atoms with E-state index in [9.17, 15) is 14.3 Å². The molecule has 1 unspecified atom stereocenters. The molecule has 1 aliphatic carbocycles. The van der Waals surface area contributed by atoms with Gasteiger partial charge in [0.2, 0.25) is 0 Å². The van der Waals surface area contributed by atoms with Crippen LogP contribution >= 0.6 is 0 Å². The van der Waals surface area contributed by atoms with Crippen LogP contribution < -0.4 is 10.2 Å². The van der Waals surface area contributed by atoms with E-state index in [1.807, 2.05) is 4.90 Å². The van der Waals surface area contributed by atoms with Gasteiger partial charge in [-0.2, -0.15) is 0 Å². The van der Waals surface area contributed by atoms with Crippen molar-refractivity contribution in [1.82, 2.24) is 5.32 Å². The van der Waals surface area contributed by atoms with Gasteiger partial charge in [-0.15, -0.1) is 0 Å². The van der Waals surface area contributed by atoms with E-state index >= 15 is 0 Å². The molecule has 1 heterocycles. The van der Waals surface area contributed by atoms with Crippen molar-refractivity contribution in [3.8, 4) is 0 Å². The molecule has 2 N–H and O–H groups in total. The quantitative estimate of drug-likeness (QED) is 0.863. The number of carbonyl (C=O) groups is 1. The number of aliphatic hydroxyl groups excluding tert-OH is 1. The predicted molar refractivity (Wildman–Crippen MR) is 89.7 cm³/mol. The van der Waals surface area contributed by atoms with Crippen molar-refractivity contribution in [3.63, 3.8) is 0 Å². The Hall–Kier alpha value is -1.66. The Labute approximate surface area is 141 Å². The van der Waals surface area contributed by atoms with Crippen LogP contribution in [0.15, 0.2) is 18.2 Å². The van der Waals surface area contributed by atoms with Crippen molar-refractivity contribution in [2.24, 2.45) is 5.92 Å². The summed E-state index contributed by atoms with van der Waals surface area (Å²) in [6.45, 7) is 2.39. The first-order valence-corrected chi connectivity index (χ1v) is 8.73. The molecule has 0 bridgehead atoms. The number of nitrogens with one attached hydrogen (secondary N) is 1. The number of anilines is 1. The predicted octanol–water partition coefficient (Wildman–Crippen LogP) is 1.94. The normalized spacial score (nSPS) is 20.2. The maximum absolute atomic E-state index is 14.4. The summed E-state index contributed by atoms with van der Waals surface area (Å²) in [7, 11) is 0. The number of rotatable bonds is 5. The van der Waals surface area contributed by atoms with Crippen molar-refractivity contribution in [2.45, 2.75) is 31.7 Å². The average molecular weight is 336 g/mol. The van der Waals surface area contributed by atoms with E-state index in [0.717, 1.165) is 25.7 Å². The van der Waals surface area contributed by atoms with Gasteiger partial charge in [-0.05, 0) is 37.0 Å². The highest BCUT2D eigenvalue weighted by Crippen LogP contribution is 2.28. The highest BCUT2D eigenvalue weighted by Gasteiger charge is 2.26. The van der Waals surface area contributed by atoms with Crippen molar-refractivity contribution < 1.29 is 19.0 Å². The van der Waals surface area contributed by atoms with Crippen LogP contribution in [-0.4, -0.2) is 50.0 Å². The number of halogens is 1. The summed E-state index contributed by atoms with van der Waals surface area (Å²) in [6, 6.07) is 4.33. The summed E-state index contributed by atoms with van der Waals surface area (Å²) >= 11 is 0. The van der Waals surface area contributed by atoms with Gasteiger partial charge >= 0.3 is 0 Å². The summed E-state index contributed by atoms with van der Waals surface area (Å²) in [5, 5.41) is 12.4. The first kappa shape index (κ1) is 17.2. The number of carbonyl (C=O) groups excluding carboxylic acids is 1. The largest absolute Gasteiger partial charge is 0.394 e. The smallest absolute Gasteiger partial charge is 0.251 e. The Morgan fingerprint density at radius 2 is 2.04 bits per heavy atom. The molecule has 1 aromatic rings. The van der Waals surface area contributed by atoms with Crippen LogP contribution in [0.3, 0.4) is 0 Å². The van der Waals surface area contributed by atoms with E-state index < -0.39 is 5.82 Å². The van der Waals surface area contributed by atoms with E-state index in [-0.39, 0.29) is 18.6 Å². The third-order valence-corrected chi connectivity index (χ3v) is 5.04. The topological polar surface area (TPSA) is 61.8 Å². The van der Waals surface area contributed by atoms with Gasteiger partial charge in [-0.1, -0.05) is 12.8 Å². The third-order valence-electron chi connectivity index (χ3n) is 5.04. The van der Waals surface area contributed by atoms with Crippen LogP contribution in [0.4, 0.5) is 10.1 Å². The second-order valence-corrected chi connectivity index (χ2v) is 6.57. The Kier molecular flexibility index (Phi) is 5.68. The minimum absolute atomic E-state index is 0.0786. The summed E-state index contributed by atoms with van der Waals surface area (Å²) in [6.07, 6.45) is 4.32. The first-order chi connectivity index (χ1) is 11.7. The number of hydrogen-bond acceptors (Lipinski definition) is 4. The number of benzene rings is 1. The SMILES string of the molecule is O=C(NC(CO)C1CCCC1)c1ccc(N2CCOCC2)c(F)c1. The monoisotopic (exact) mass is 336 g/mol.